The summed E-state index contributed by atoms with van der Waals surface area (Å²) in [6.45, 7) is 4.11. The standard InChI is InChI=1S/C15H15N3OS/c1-10-5-6-12(4-3-7-16)13(8-10)18-15(19)14-9-20-11(2)17-14/h5-6,8-9H,7,16H2,1-2H3,(H,18,19). The molecule has 1 aromatic carbocycles. The number of thiazole rings is 1. The van der Waals surface area contributed by atoms with Gasteiger partial charge in [0.1, 0.15) is 5.69 Å². The lowest BCUT2D eigenvalue weighted by Crippen LogP contribution is -2.13. The summed E-state index contributed by atoms with van der Waals surface area (Å²) >= 11 is 1.45. The van der Waals surface area contributed by atoms with Crippen molar-refractivity contribution in [3.8, 4) is 11.8 Å². The molecule has 3 N–H and O–H groups in total. The molecule has 0 radical (unpaired) electrons. The van der Waals surface area contributed by atoms with Gasteiger partial charge in [-0.05, 0) is 31.5 Å². The van der Waals surface area contributed by atoms with Crippen LogP contribution in [-0.4, -0.2) is 17.4 Å². The second-order valence-corrected chi connectivity index (χ2v) is 5.32. The number of nitrogens with one attached hydrogen (secondary N) is 1. The number of rotatable bonds is 2. The Labute approximate surface area is 122 Å². The van der Waals surface area contributed by atoms with E-state index in [9.17, 15) is 4.79 Å². The van der Waals surface area contributed by atoms with E-state index >= 15 is 0 Å². The predicted molar refractivity (Wildman–Crippen MR) is 81.9 cm³/mol. The number of aryl methyl sites for hydroxylation is 2. The van der Waals surface area contributed by atoms with Gasteiger partial charge in [0.15, 0.2) is 0 Å². The molecule has 0 aliphatic carbocycles. The molecule has 0 fully saturated rings. The summed E-state index contributed by atoms with van der Waals surface area (Å²) in [7, 11) is 0. The molecule has 4 nitrogen and oxygen atoms in total. The van der Waals surface area contributed by atoms with Crippen LogP contribution in [-0.2, 0) is 0 Å². The molecule has 102 valence electrons. The molecule has 0 aliphatic heterocycles. The van der Waals surface area contributed by atoms with Crippen LogP contribution in [0.1, 0.15) is 26.6 Å². The largest absolute Gasteiger partial charge is 0.320 e. The first-order valence-electron chi connectivity index (χ1n) is 6.13. The minimum Gasteiger partial charge on any atom is -0.320 e. The first kappa shape index (κ1) is 14.3. The molecule has 1 aromatic heterocycles. The first-order valence-corrected chi connectivity index (χ1v) is 7.01. The van der Waals surface area contributed by atoms with Crippen LogP contribution in [0.15, 0.2) is 23.6 Å². The van der Waals surface area contributed by atoms with Crippen LogP contribution in [0.25, 0.3) is 0 Å². The third kappa shape index (κ3) is 3.44. The molecule has 0 saturated heterocycles. The van der Waals surface area contributed by atoms with Gasteiger partial charge < -0.3 is 11.1 Å². The van der Waals surface area contributed by atoms with Gasteiger partial charge in [0.2, 0.25) is 0 Å². The number of nitrogens with zero attached hydrogens (tertiary/aromatic N) is 1. The van der Waals surface area contributed by atoms with Gasteiger partial charge >= 0.3 is 0 Å². The Hall–Kier alpha value is -2.16. The van der Waals surface area contributed by atoms with Crippen molar-refractivity contribution in [1.29, 1.82) is 0 Å². The van der Waals surface area contributed by atoms with Gasteiger partial charge in [-0.25, -0.2) is 4.98 Å². The monoisotopic (exact) mass is 285 g/mol. The molecule has 20 heavy (non-hydrogen) atoms. The van der Waals surface area contributed by atoms with Crippen molar-refractivity contribution in [2.75, 3.05) is 11.9 Å². The second-order valence-electron chi connectivity index (χ2n) is 4.26. The van der Waals surface area contributed by atoms with Crippen LogP contribution >= 0.6 is 11.3 Å². The van der Waals surface area contributed by atoms with E-state index in [1.165, 1.54) is 11.3 Å². The average Bonchev–Trinajstić information content (AvgIpc) is 2.85. The SMILES string of the molecule is Cc1ccc(C#CCN)c(NC(=O)c2csc(C)n2)c1. The Morgan fingerprint density at radius 1 is 1.45 bits per heavy atom. The van der Waals surface area contributed by atoms with Gasteiger partial charge in [0.05, 0.1) is 17.2 Å². The number of anilines is 1. The highest BCUT2D eigenvalue weighted by molar-refractivity contribution is 7.09. The zero-order chi connectivity index (χ0) is 14.5. The molecule has 1 amide bonds. The third-order valence-corrected chi connectivity index (χ3v) is 3.37. The van der Waals surface area contributed by atoms with Crippen molar-refractivity contribution in [2.45, 2.75) is 13.8 Å². The molecular weight excluding hydrogens is 270 g/mol. The fourth-order valence-corrected chi connectivity index (χ4v) is 2.26. The summed E-state index contributed by atoms with van der Waals surface area (Å²) in [6, 6.07) is 5.71. The normalized spacial score (nSPS) is 9.75. The molecule has 0 aliphatic rings. The minimum atomic E-state index is -0.226. The van der Waals surface area contributed by atoms with Crippen molar-refractivity contribution in [3.05, 3.63) is 45.4 Å². The van der Waals surface area contributed by atoms with Crippen LogP contribution in [0.2, 0.25) is 0 Å². The number of carbonyl (C=O) groups is 1. The van der Waals surface area contributed by atoms with Crippen molar-refractivity contribution >= 4 is 22.9 Å². The van der Waals surface area contributed by atoms with Gasteiger partial charge in [-0.1, -0.05) is 17.9 Å². The lowest BCUT2D eigenvalue weighted by atomic mass is 10.1. The number of carbonyl (C=O) groups excluding carboxylic acids is 1. The van der Waals surface area contributed by atoms with Gasteiger partial charge in [-0.2, -0.15) is 0 Å². The molecule has 0 spiro atoms. The highest BCUT2D eigenvalue weighted by Gasteiger charge is 2.11. The van der Waals surface area contributed by atoms with Gasteiger partial charge in [0, 0.05) is 10.9 Å². The van der Waals surface area contributed by atoms with E-state index in [-0.39, 0.29) is 12.5 Å². The number of hydrogen-bond acceptors (Lipinski definition) is 4. The first-order chi connectivity index (χ1) is 9.60. The lowest BCUT2D eigenvalue weighted by Gasteiger charge is -2.07. The smallest absolute Gasteiger partial charge is 0.275 e. The van der Waals surface area contributed by atoms with E-state index in [0.717, 1.165) is 16.1 Å². The van der Waals surface area contributed by atoms with Crippen LogP contribution < -0.4 is 11.1 Å². The summed E-state index contributed by atoms with van der Waals surface area (Å²) in [5, 5.41) is 5.46. The minimum absolute atomic E-state index is 0.226. The van der Waals surface area contributed by atoms with E-state index in [2.05, 4.69) is 22.1 Å². The molecule has 0 unspecified atom stereocenters. The van der Waals surface area contributed by atoms with E-state index in [1.807, 2.05) is 32.0 Å². The molecule has 2 aromatic rings. The van der Waals surface area contributed by atoms with E-state index in [0.29, 0.717) is 11.4 Å². The van der Waals surface area contributed by atoms with Crippen LogP contribution in [0.4, 0.5) is 5.69 Å². The molecule has 2 rings (SSSR count). The maximum Gasteiger partial charge on any atom is 0.275 e. The van der Waals surface area contributed by atoms with Gasteiger partial charge in [-0.15, -0.1) is 11.3 Å². The van der Waals surface area contributed by atoms with E-state index < -0.39 is 0 Å². The summed E-state index contributed by atoms with van der Waals surface area (Å²) in [5.41, 5.74) is 8.29. The zero-order valence-corrected chi connectivity index (χ0v) is 12.2. The predicted octanol–water partition coefficient (Wildman–Crippen LogP) is 2.32. The quantitative estimate of drug-likeness (QED) is 0.832. The molecule has 0 atom stereocenters. The van der Waals surface area contributed by atoms with Gasteiger partial charge in [0.25, 0.3) is 5.91 Å². The fraction of sp³-hybridized carbons (Fsp3) is 0.200. The maximum absolute atomic E-state index is 12.1. The molecule has 5 heteroatoms. The van der Waals surface area contributed by atoms with Crippen molar-refractivity contribution in [1.82, 2.24) is 4.98 Å². The van der Waals surface area contributed by atoms with Crippen molar-refractivity contribution < 1.29 is 4.79 Å². The number of amides is 1. The second kappa shape index (κ2) is 6.33. The molecule has 0 bridgehead atoms. The Morgan fingerprint density at radius 3 is 2.90 bits per heavy atom. The zero-order valence-electron chi connectivity index (χ0n) is 11.4. The number of aromatic nitrogens is 1. The highest BCUT2D eigenvalue weighted by atomic mass is 32.1. The summed E-state index contributed by atoms with van der Waals surface area (Å²) in [5.74, 6) is 5.52. The average molecular weight is 285 g/mol. The Bertz CT molecular complexity index is 695. The summed E-state index contributed by atoms with van der Waals surface area (Å²) < 4.78 is 0. The van der Waals surface area contributed by atoms with Crippen LogP contribution in [0, 0.1) is 25.7 Å². The van der Waals surface area contributed by atoms with E-state index in [1.54, 1.807) is 5.38 Å². The van der Waals surface area contributed by atoms with Crippen molar-refractivity contribution in [3.63, 3.8) is 0 Å². The summed E-state index contributed by atoms with van der Waals surface area (Å²) in [4.78, 5) is 16.3. The summed E-state index contributed by atoms with van der Waals surface area (Å²) in [6.07, 6.45) is 0. The highest BCUT2D eigenvalue weighted by Crippen LogP contribution is 2.18. The Kier molecular flexibility index (Phi) is 4.51. The van der Waals surface area contributed by atoms with E-state index in [4.69, 9.17) is 5.73 Å². The molecule has 1 heterocycles. The van der Waals surface area contributed by atoms with Gasteiger partial charge in [-0.3, -0.25) is 4.79 Å². The fourth-order valence-electron chi connectivity index (χ4n) is 1.67. The molecule has 0 saturated carbocycles. The number of hydrogen-bond donors (Lipinski definition) is 2. The maximum atomic E-state index is 12.1. The Balaban J connectivity index is 2.28. The third-order valence-electron chi connectivity index (χ3n) is 2.60. The number of benzene rings is 1. The van der Waals surface area contributed by atoms with Crippen molar-refractivity contribution in [2.24, 2.45) is 5.73 Å². The van der Waals surface area contributed by atoms with Crippen LogP contribution in [0.5, 0.6) is 0 Å². The molecular formula is C15H15N3OS. The Morgan fingerprint density at radius 2 is 2.25 bits per heavy atom. The topological polar surface area (TPSA) is 68.0 Å². The lowest BCUT2D eigenvalue weighted by molar-refractivity contribution is 0.102. The van der Waals surface area contributed by atoms with Crippen LogP contribution in [0.3, 0.4) is 0 Å². The number of nitrogens with two attached hydrogens (primary N) is 1.